The standard InChI is InChI=1S/C21H21Cl2N3/c1-3-25(4-2)11-12-26-18-8-6-5-7-16(18)19-20(26)15-10-9-14(22)13-17(15)24-21(19)23/h5-10,13H,3-4,11-12H2,1-2H3. The van der Waals surface area contributed by atoms with Crippen LogP contribution >= 0.6 is 23.2 Å². The lowest BCUT2D eigenvalue weighted by Crippen LogP contribution is -2.27. The third-order valence-electron chi connectivity index (χ3n) is 5.14. The first-order chi connectivity index (χ1) is 12.6. The van der Waals surface area contributed by atoms with Gasteiger partial charge in [0.05, 0.1) is 11.0 Å². The van der Waals surface area contributed by atoms with Crippen molar-refractivity contribution in [3.63, 3.8) is 0 Å². The van der Waals surface area contributed by atoms with Crippen LogP contribution in [0.4, 0.5) is 0 Å². The molecule has 26 heavy (non-hydrogen) atoms. The molecular formula is C21H21Cl2N3. The van der Waals surface area contributed by atoms with Crippen LogP contribution in [0.25, 0.3) is 32.7 Å². The fourth-order valence-electron chi connectivity index (χ4n) is 3.76. The second-order valence-corrected chi connectivity index (χ2v) is 7.28. The Morgan fingerprint density at radius 2 is 1.77 bits per heavy atom. The molecule has 0 spiro atoms. The van der Waals surface area contributed by atoms with Gasteiger partial charge in [0.15, 0.2) is 0 Å². The van der Waals surface area contributed by atoms with Gasteiger partial charge in [-0.05, 0) is 37.4 Å². The van der Waals surface area contributed by atoms with Crippen LogP contribution in [0.3, 0.4) is 0 Å². The molecule has 2 aromatic carbocycles. The lowest BCUT2D eigenvalue weighted by atomic mass is 10.1. The van der Waals surface area contributed by atoms with E-state index in [0.29, 0.717) is 10.2 Å². The van der Waals surface area contributed by atoms with Crippen LogP contribution < -0.4 is 0 Å². The summed E-state index contributed by atoms with van der Waals surface area (Å²) in [6, 6.07) is 14.3. The van der Waals surface area contributed by atoms with Crippen molar-refractivity contribution in [1.82, 2.24) is 14.5 Å². The van der Waals surface area contributed by atoms with Gasteiger partial charge < -0.3 is 9.47 Å². The Kier molecular flexibility index (Phi) is 4.78. The van der Waals surface area contributed by atoms with Gasteiger partial charge in [0.2, 0.25) is 0 Å². The Labute approximate surface area is 163 Å². The molecule has 0 aliphatic carbocycles. The zero-order valence-electron chi connectivity index (χ0n) is 15.0. The minimum atomic E-state index is 0.535. The molecule has 134 valence electrons. The summed E-state index contributed by atoms with van der Waals surface area (Å²) in [5.74, 6) is 0. The third kappa shape index (κ3) is 2.84. The van der Waals surface area contributed by atoms with E-state index in [9.17, 15) is 0 Å². The Morgan fingerprint density at radius 3 is 2.54 bits per heavy atom. The van der Waals surface area contributed by atoms with Crippen LogP contribution in [0, 0.1) is 0 Å². The highest BCUT2D eigenvalue weighted by molar-refractivity contribution is 6.39. The molecular weight excluding hydrogens is 365 g/mol. The summed E-state index contributed by atoms with van der Waals surface area (Å²) < 4.78 is 2.38. The minimum Gasteiger partial charge on any atom is -0.339 e. The maximum atomic E-state index is 6.62. The maximum absolute atomic E-state index is 6.62. The molecule has 2 heterocycles. The molecule has 0 unspecified atom stereocenters. The van der Waals surface area contributed by atoms with Gasteiger partial charge in [0.25, 0.3) is 0 Å². The fourth-order valence-corrected chi connectivity index (χ4v) is 4.21. The largest absolute Gasteiger partial charge is 0.339 e. The number of hydrogen-bond acceptors (Lipinski definition) is 2. The molecule has 0 saturated heterocycles. The van der Waals surface area contributed by atoms with Gasteiger partial charge in [-0.25, -0.2) is 4.98 Å². The first-order valence-electron chi connectivity index (χ1n) is 9.02. The van der Waals surface area contributed by atoms with E-state index in [1.165, 1.54) is 5.52 Å². The third-order valence-corrected chi connectivity index (χ3v) is 5.65. The van der Waals surface area contributed by atoms with Crippen LogP contribution in [0.2, 0.25) is 10.2 Å². The SMILES string of the molecule is CCN(CC)CCn1c2ccccc2c2c(Cl)nc3cc(Cl)ccc3c21. The molecule has 0 bridgehead atoms. The van der Waals surface area contributed by atoms with E-state index in [4.69, 9.17) is 23.2 Å². The fraction of sp³-hybridized carbons (Fsp3) is 0.286. The summed E-state index contributed by atoms with van der Waals surface area (Å²) in [7, 11) is 0. The number of benzene rings is 2. The normalized spacial score (nSPS) is 12.0. The summed E-state index contributed by atoms with van der Waals surface area (Å²) in [5.41, 5.74) is 3.17. The number of halogens is 2. The van der Waals surface area contributed by atoms with E-state index in [1.807, 2.05) is 12.1 Å². The molecule has 0 N–H and O–H groups in total. The Hall–Kier alpha value is -1.81. The zero-order chi connectivity index (χ0) is 18.3. The van der Waals surface area contributed by atoms with E-state index >= 15 is 0 Å². The van der Waals surface area contributed by atoms with Gasteiger partial charge in [-0.3, -0.25) is 0 Å². The molecule has 0 saturated carbocycles. The van der Waals surface area contributed by atoms with Crippen LogP contribution in [0.1, 0.15) is 13.8 Å². The van der Waals surface area contributed by atoms with E-state index in [1.54, 1.807) is 0 Å². The van der Waals surface area contributed by atoms with E-state index < -0.39 is 0 Å². The highest BCUT2D eigenvalue weighted by Gasteiger charge is 2.18. The van der Waals surface area contributed by atoms with Gasteiger partial charge in [0, 0.05) is 39.8 Å². The van der Waals surface area contributed by atoms with Crippen LogP contribution in [0.15, 0.2) is 42.5 Å². The molecule has 0 aliphatic heterocycles. The predicted octanol–water partition coefficient (Wildman–Crippen LogP) is 5.99. The average Bonchev–Trinajstić information content (AvgIpc) is 2.98. The smallest absolute Gasteiger partial charge is 0.139 e. The van der Waals surface area contributed by atoms with Crippen molar-refractivity contribution in [3.05, 3.63) is 52.6 Å². The first kappa shape index (κ1) is 17.6. The summed E-state index contributed by atoms with van der Waals surface area (Å²) >= 11 is 12.8. The Balaban J connectivity index is 2.04. The monoisotopic (exact) mass is 385 g/mol. The predicted molar refractivity (Wildman–Crippen MR) is 113 cm³/mol. The lowest BCUT2D eigenvalue weighted by molar-refractivity contribution is 0.293. The highest BCUT2D eigenvalue weighted by atomic mass is 35.5. The van der Waals surface area contributed by atoms with Crippen molar-refractivity contribution in [3.8, 4) is 0 Å². The lowest BCUT2D eigenvalue weighted by Gasteiger charge is -2.19. The molecule has 4 aromatic rings. The Morgan fingerprint density at radius 1 is 1.00 bits per heavy atom. The van der Waals surface area contributed by atoms with Gasteiger partial charge in [0.1, 0.15) is 5.15 Å². The van der Waals surface area contributed by atoms with Crippen molar-refractivity contribution in [1.29, 1.82) is 0 Å². The van der Waals surface area contributed by atoms with Gasteiger partial charge >= 0.3 is 0 Å². The number of hydrogen-bond donors (Lipinski definition) is 0. The van der Waals surface area contributed by atoms with Gasteiger partial charge in [-0.2, -0.15) is 0 Å². The summed E-state index contributed by atoms with van der Waals surface area (Å²) in [5, 5.41) is 4.47. The summed E-state index contributed by atoms with van der Waals surface area (Å²) in [6.07, 6.45) is 0. The topological polar surface area (TPSA) is 21.1 Å². The average molecular weight is 386 g/mol. The van der Waals surface area contributed by atoms with Crippen LogP contribution in [-0.4, -0.2) is 34.1 Å². The van der Waals surface area contributed by atoms with Gasteiger partial charge in [-0.1, -0.05) is 55.2 Å². The summed E-state index contributed by atoms with van der Waals surface area (Å²) in [4.78, 5) is 7.05. The number of nitrogens with zero attached hydrogens (tertiary/aromatic N) is 3. The molecule has 0 aliphatic rings. The first-order valence-corrected chi connectivity index (χ1v) is 9.77. The van der Waals surface area contributed by atoms with Gasteiger partial charge in [-0.15, -0.1) is 0 Å². The van der Waals surface area contributed by atoms with E-state index in [0.717, 1.165) is 53.4 Å². The van der Waals surface area contributed by atoms with Crippen molar-refractivity contribution in [2.24, 2.45) is 0 Å². The number of pyridine rings is 1. The molecule has 0 fully saturated rings. The molecule has 0 atom stereocenters. The number of para-hydroxylation sites is 1. The molecule has 2 aromatic heterocycles. The Bertz CT molecular complexity index is 1100. The molecule has 3 nitrogen and oxygen atoms in total. The van der Waals surface area contributed by atoms with Crippen molar-refractivity contribution in [2.45, 2.75) is 20.4 Å². The number of fused-ring (bicyclic) bond motifs is 5. The van der Waals surface area contributed by atoms with Crippen molar-refractivity contribution >= 4 is 55.9 Å². The number of rotatable bonds is 5. The minimum absolute atomic E-state index is 0.535. The number of likely N-dealkylation sites (N-methyl/N-ethyl adjacent to an activating group) is 1. The zero-order valence-corrected chi connectivity index (χ0v) is 16.5. The molecule has 4 rings (SSSR count). The van der Waals surface area contributed by atoms with Crippen molar-refractivity contribution in [2.75, 3.05) is 19.6 Å². The second-order valence-electron chi connectivity index (χ2n) is 6.48. The molecule has 0 radical (unpaired) electrons. The quantitative estimate of drug-likeness (QED) is 0.393. The van der Waals surface area contributed by atoms with Crippen molar-refractivity contribution < 1.29 is 0 Å². The van der Waals surface area contributed by atoms with Crippen LogP contribution in [-0.2, 0) is 6.54 Å². The molecule has 5 heteroatoms. The highest BCUT2D eigenvalue weighted by Crippen LogP contribution is 2.37. The second kappa shape index (κ2) is 7.07. The van der Waals surface area contributed by atoms with Crippen LogP contribution in [0.5, 0.6) is 0 Å². The maximum Gasteiger partial charge on any atom is 0.139 e. The van der Waals surface area contributed by atoms with E-state index in [2.05, 4.69) is 58.6 Å². The number of aromatic nitrogens is 2. The molecule has 0 amide bonds. The summed E-state index contributed by atoms with van der Waals surface area (Å²) in [6.45, 7) is 8.40. The van der Waals surface area contributed by atoms with E-state index in [-0.39, 0.29) is 0 Å².